The lowest BCUT2D eigenvalue weighted by Gasteiger charge is -1.91. The van der Waals surface area contributed by atoms with E-state index in [2.05, 4.69) is 15.9 Å². The minimum Gasteiger partial charge on any atom is -0.478 e. The quantitative estimate of drug-likeness (QED) is 0.834. The Morgan fingerprint density at radius 2 is 2.23 bits per heavy atom. The van der Waals surface area contributed by atoms with Gasteiger partial charge >= 0.3 is 5.97 Å². The van der Waals surface area contributed by atoms with E-state index in [1.54, 1.807) is 18.2 Å². The fourth-order valence-corrected chi connectivity index (χ4v) is 1.65. The second-order valence-corrected chi connectivity index (χ2v) is 3.43. The molecule has 0 atom stereocenters. The molecule has 0 aliphatic heterocycles. The lowest BCUT2D eigenvalue weighted by Crippen LogP contribution is -1.93. The van der Waals surface area contributed by atoms with Crippen molar-refractivity contribution in [3.63, 3.8) is 0 Å². The van der Waals surface area contributed by atoms with Gasteiger partial charge in [0.05, 0.1) is 4.47 Å². The van der Waals surface area contributed by atoms with Gasteiger partial charge in [-0.1, -0.05) is 12.1 Å². The highest BCUT2D eigenvalue weighted by Gasteiger charge is 2.13. The third-order valence-corrected chi connectivity index (χ3v) is 2.41. The molecule has 2 rings (SSSR count). The maximum atomic E-state index is 10.7. The van der Waals surface area contributed by atoms with Gasteiger partial charge in [-0.2, -0.15) is 0 Å². The first-order valence-corrected chi connectivity index (χ1v) is 4.38. The summed E-state index contributed by atoms with van der Waals surface area (Å²) in [5.74, 6) is -0.975. The number of carboxylic acid groups (broad SMARTS) is 1. The van der Waals surface area contributed by atoms with E-state index in [9.17, 15) is 4.79 Å². The SMILES string of the molecule is O=C(O)c1coc2c(Br)cccc12. The Morgan fingerprint density at radius 1 is 1.46 bits per heavy atom. The fourth-order valence-electron chi connectivity index (χ4n) is 1.19. The molecule has 3 nitrogen and oxygen atoms in total. The molecule has 0 aliphatic rings. The number of hydrogen-bond donors (Lipinski definition) is 1. The molecular weight excluding hydrogens is 236 g/mol. The van der Waals surface area contributed by atoms with Crippen molar-refractivity contribution in [2.75, 3.05) is 0 Å². The first-order chi connectivity index (χ1) is 6.20. The number of rotatable bonds is 1. The number of aromatic carboxylic acids is 1. The zero-order valence-corrected chi connectivity index (χ0v) is 8.04. The summed E-state index contributed by atoms with van der Waals surface area (Å²) >= 11 is 3.27. The van der Waals surface area contributed by atoms with Gasteiger partial charge in [0.1, 0.15) is 17.4 Å². The Balaban J connectivity index is 2.83. The van der Waals surface area contributed by atoms with Crippen LogP contribution in [0.3, 0.4) is 0 Å². The Kier molecular flexibility index (Phi) is 1.84. The Hall–Kier alpha value is -1.29. The lowest BCUT2D eigenvalue weighted by atomic mass is 10.2. The predicted octanol–water partition coefficient (Wildman–Crippen LogP) is 2.89. The molecule has 1 aromatic heterocycles. The maximum absolute atomic E-state index is 10.7. The number of para-hydroxylation sites is 1. The standard InChI is InChI=1S/C9H5BrO3/c10-7-3-1-2-5-6(9(11)12)4-13-8(5)7/h1-4H,(H,11,12). The van der Waals surface area contributed by atoms with Crippen molar-refractivity contribution in [2.45, 2.75) is 0 Å². The van der Waals surface area contributed by atoms with Gasteiger partial charge in [-0.05, 0) is 22.0 Å². The molecule has 4 heteroatoms. The molecule has 0 saturated heterocycles. The molecule has 0 spiro atoms. The number of fused-ring (bicyclic) bond motifs is 1. The molecule has 1 aromatic carbocycles. The van der Waals surface area contributed by atoms with Crippen LogP contribution in [0.1, 0.15) is 10.4 Å². The number of furan rings is 1. The normalized spacial score (nSPS) is 10.5. The number of halogens is 1. The summed E-state index contributed by atoms with van der Waals surface area (Å²) in [6, 6.07) is 5.29. The van der Waals surface area contributed by atoms with Gasteiger partial charge in [-0.3, -0.25) is 0 Å². The summed E-state index contributed by atoms with van der Waals surface area (Å²) in [4.78, 5) is 10.7. The summed E-state index contributed by atoms with van der Waals surface area (Å²) < 4.78 is 5.87. The van der Waals surface area contributed by atoms with E-state index in [1.807, 2.05) is 0 Å². The van der Waals surface area contributed by atoms with E-state index in [4.69, 9.17) is 9.52 Å². The molecule has 13 heavy (non-hydrogen) atoms. The predicted molar refractivity (Wildman–Crippen MR) is 50.9 cm³/mol. The Bertz CT molecular complexity index is 473. The fraction of sp³-hybridized carbons (Fsp3) is 0. The average molecular weight is 241 g/mol. The molecule has 66 valence electrons. The van der Waals surface area contributed by atoms with Crippen LogP contribution < -0.4 is 0 Å². The van der Waals surface area contributed by atoms with Crippen LogP contribution >= 0.6 is 15.9 Å². The molecule has 0 amide bonds. The van der Waals surface area contributed by atoms with Crippen molar-refractivity contribution in [3.05, 3.63) is 34.5 Å². The topological polar surface area (TPSA) is 50.4 Å². The number of carbonyl (C=O) groups is 1. The van der Waals surface area contributed by atoms with Crippen LogP contribution in [0.2, 0.25) is 0 Å². The monoisotopic (exact) mass is 240 g/mol. The molecule has 0 saturated carbocycles. The summed E-state index contributed by atoms with van der Waals surface area (Å²) in [5, 5.41) is 9.40. The van der Waals surface area contributed by atoms with Crippen LogP contribution in [0.25, 0.3) is 11.0 Å². The van der Waals surface area contributed by atoms with Gasteiger partial charge in [0.2, 0.25) is 0 Å². The van der Waals surface area contributed by atoms with Crippen molar-refractivity contribution in [1.29, 1.82) is 0 Å². The molecule has 0 radical (unpaired) electrons. The highest BCUT2D eigenvalue weighted by atomic mass is 79.9. The van der Waals surface area contributed by atoms with Crippen molar-refractivity contribution >= 4 is 32.9 Å². The van der Waals surface area contributed by atoms with E-state index in [0.717, 1.165) is 4.47 Å². The van der Waals surface area contributed by atoms with Gasteiger partial charge in [0.15, 0.2) is 0 Å². The van der Waals surface area contributed by atoms with Crippen molar-refractivity contribution in [3.8, 4) is 0 Å². The van der Waals surface area contributed by atoms with Gasteiger partial charge in [0.25, 0.3) is 0 Å². The largest absolute Gasteiger partial charge is 0.478 e. The molecule has 0 unspecified atom stereocenters. The van der Waals surface area contributed by atoms with Gasteiger partial charge < -0.3 is 9.52 Å². The lowest BCUT2D eigenvalue weighted by molar-refractivity contribution is 0.0698. The summed E-state index contributed by atoms with van der Waals surface area (Å²) in [6.07, 6.45) is 1.25. The molecule has 1 N–H and O–H groups in total. The van der Waals surface area contributed by atoms with E-state index in [-0.39, 0.29) is 5.56 Å². The average Bonchev–Trinajstić information content (AvgIpc) is 2.48. The van der Waals surface area contributed by atoms with Crippen molar-refractivity contribution < 1.29 is 14.3 Å². The second-order valence-electron chi connectivity index (χ2n) is 2.57. The van der Waals surface area contributed by atoms with E-state index < -0.39 is 5.97 Å². The minimum atomic E-state index is -0.975. The first kappa shape index (κ1) is 8.31. The smallest absolute Gasteiger partial charge is 0.339 e. The molecule has 0 fully saturated rings. The van der Waals surface area contributed by atoms with Gasteiger partial charge in [-0.15, -0.1) is 0 Å². The Labute approximate surface area is 82.1 Å². The first-order valence-electron chi connectivity index (χ1n) is 3.59. The van der Waals surface area contributed by atoms with Crippen LogP contribution in [0, 0.1) is 0 Å². The molecule has 1 heterocycles. The van der Waals surface area contributed by atoms with Crippen molar-refractivity contribution in [2.24, 2.45) is 0 Å². The van der Waals surface area contributed by atoms with E-state index in [0.29, 0.717) is 11.0 Å². The minimum absolute atomic E-state index is 0.191. The summed E-state index contributed by atoms with van der Waals surface area (Å²) in [6.45, 7) is 0. The third kappa shape index (κ3) is 1.23. The Morgan fingerprint density at radius 3 is 2.92 bits per heavy atom. The molecule has 0 aliphatic carbocycles. The van der Waals surface area contributed by atoms with Gasteiger partial charge in [0, 0.05) is 5.39 Å². The summed E-state index contributed by atoms with van der Waals surface area (Å²) in [7, 11) is 0. The van der Waals surface area contributed by atoms with Crippen LogP contribution in [0.15, 0.2) is 33.4 Å². The zero-order chi connectivity index (χ0) is 9.42. The molecule has 0 bridgehead atoms. The number of hydrogen-bond acceptors (Lipinski definition) is 2. The van der Waals surface area contributed by atoms with E-state index in [1.165, 1.54) is 6.26 Å². The third-order valence-electron chi connectivity index (χ3n) is 1.78. The van der Waals surface area contributed by atoms with Crippen LogP contribution in [-0.2, 0) is 0 Å². The van der Waals surface area contributed by atoms with Crippen LogP contribution in [-0.4, -0.2) is 11.1 Å². The highest BCUT2D eigenvalue weighted by Crippen LogP contribution is 2.27. The molecular formula is C9H5BrO3. The molecule has 2 aromatic rings. The second kappa shape index (κ2) is 2.88. The van der Waals surface area contributed by atoms with Crippen LogP contribution in [0.4, 0.5) is 0 Å². The highest BCUT2D eigenvalue weighted by molar-refractivity contribution is 9.10. The maximum Gasteiger partial charge on any atom is 0.339 e. The van der Waals surface area contributed by atoms with E-state index >= 15 is 0 Å². The van der Waals surface area contributed by atoms with Crippen LogP contribution in [0.5, 0.6) is 0 Å². The number of carboxylic acids is 1. The summed E-state index contributed by atoms with van der Waals surface area (Å²) in [5.41, 5.74) is 0.760. The van der Waals surface area contributed by atoms with Crippen molar-refractivity contribution in [1.82, 2.24) is 0 Å². The zero-order valence-electron chi connectivity index (χ0n) is 6.45. The number of benzene rings is 1. The van der Waals surface area contributed by atoms with Gasteiger partial charge in [-0.25, -0.2) is 4.79 Å².